The van der Waals surface area contributed by atoms with Crippen LogP contribution in [0.3, 0.4) is 0 Å². The van der Waals surface area contributed by atoms with Crippen LogP contribution >= 0.6 is 0 Å². The predicted molar refractivity (Wildman–Crippen MR) is 270 cm³/mol. The highest BCUT2D eigenvalue weighted by Crippen LogP contribution is 2.26. The minimum atomic E-state index is -5.13. The van der Waals surface area contributed by atoms with E-state index in [0.717, 1.165) is 64.2 Å². The summed E-state index contributed by atoms with van der Waals surface area (Å²) in [5, 5.41) is 55.4. The van der Waals surface area contributed by atoms with Crippen molar-refractivity contribution in [3.05, 3.63) is 60.8 Å². The van der Waals surface area contributed by atoms with Gasteiger partial charge in [0.2, 0.25) is 5.91 Å². The van der Waals surface area contributed by atoms with Crippen molar-refractivity contribution in [2.24, 2.45) is 0 Å². The Balaban J connectivity index is 2.55. The molecule has 1 heterocycles. The van der Waals surface area contributed by atoms with Gasteiger partial charge in [0, 0.05) is 0 Å². The summed E-state index contributed by atoms with van der Waals surface area (Å²) in [5.74, 6) is -0.722. The van der Waals surface area contributed by atoms with Gasteiger partial charge in [-0.3, -0.25) is 9.35 Å². The molecule has 1 rings (SSSR count). The molecule has 1 amide bonds. The maximum atomic E-state index is 13.2. The van der Waals surface area contributed by atoms with Gasteiger partial charge in [0.05, 0.1) is 25.4 Å². The number of ether oxygens (including phenoxy) is 2. The van der Waals surface area contributed by atoms with Crippen LogP contribution in [0.15, 0.2) is 60.8 Å². The molecule has 0 aliphatic carbocycles. The van der Waals surface area contributed by atoms with Gasteiger partial charge in [-0.05, 0) is 70.6 Å². The molecule has 0 spiro atoms. The van der Waals surface area contributed by atoms with Crippen LogP contribution in [0.25, 0.3) is 0 Å². The van der Waals surface area contributed by atoms with Gasteiger partial charge >= 0.3 is 10.4 Å². The highest BCUT2D eigenvalue weighted by atomic mass is 32.3. The second-order valence-electron chi connectivity index (χ2n) is 18.3. The van der Waals surface area contributed by atoms with Gasteiger partial charge < -0.3 is 40.3 Å². The van der Waals surface area contributed by atoms with Crippen molar-refractivity contribution in [2.45, 2.75) is 255 Å². The van der Waals surface area contributed by atoms with E-state index in [2.05, 4.69) is 72.0 Å². The first-order valence-electron chi connectivity index (χ1n) is 26.3. The molecule has 1 fully saturated rings. The number of allylic oxidation sites excluding steroid dienone is 9. The highest BCUT2D eigenvalue weighted by Gasteiger charge is 2.48. The largest absolute Gasteiger partial charge is 0.397 e. The van der Waals surface area contributed by atoms with Crippen LogP contribution in [0.2, 0.25) is 0 Å². The molecule has 7 N–H and O–H groups in total. The van der Waals surface area contributed by atoms with Crippen molar-refractivity contribution in [1.82, 2.24) is 5.32 Å². The standard InChI is InChI=1S/C53H95NO12S/c1-3-5-7-9-11-13-15-17-19-21-23-24-26-27-29-31-33-35-37-39-41-46(56)45(44-64-53-50(59)51(66-67(61,62)63)49(58)48(43-55)65-53)54-52(60)47(57)42-40-38-36-34-32-30-28-25-22-20-18-16-14-12-10-8-6-4-2/h12,14,16,18,24,26,31,33,39,41,45-51,53,55-59H,3-11,13,15,17,19-23,25,27-30,32,34-38,40,42-44H2,1-2H3,(H,54,60)(H,61,62,63)/b14-12-,18-16-,26-24+,33-31+,41-39+. The highest BCUT2D eigenvalue weighted by molar-refractivity contribution is 7.80. The Bertz CT molecular complexity index is 1440. The molecule has 8 unspecified atom stereocenters. The van der Waals surface area contributed by atoms with Crippen molar-refractivity contribution in [3.8, 4) is 0 Å². The molecule has 67 heavy (non-hydrogen) atoms. The maximum absolute atomic E-state index is 13.2. The van der Waals surface area contributed by atoms with E-state index in [1.807, 2.05) is 0 Å². The lowest BCUT2D eigenvalue weighted by Gasteiger charge is -2.41. The minimum absolute atomic E-state index is 0.226. The summed E-state index contributed by atoms with van der Waals surface area (Å²) in [6, 6.07) is -1.15. The Morgan fingerprint density at radius 1 is 0.612 bits per heavy atom. The normalized spacial score (nSPS) is 20.9. The first-order valence-corrected chi connectivity index (χ1v) is 27.7. The SMILES string of the molecule is CCCCC/C=C\C=C/CCCCCCCCCCCC(O)C(=O)NC(COC1OC(CO)C(O)C(OS(=O)(=O)O)C1O)C(O)/C=C/CC/C=C/CC/C=C/CCCCCCCCCCCC. The van der Waals surface area contributed by atoms with Crippen LogP contribution in [0.1, 0.15) is 206 Å². The van der Waals surface area contributed by atoms with Crippen molar-refractivity contribution < 1.29 is 57.0 Å². The van der Waals surface area contributed by atoms with Gasteiger partial charge in [0.25, 0.3) is 0 Å². The molecule has 390 valence electrons. The van der Waals surface area contributed by atoms with Gasteiger partial charge in [-0.25, -0.2) is 4.18 Å². The first-order chi connectivity index (χ1) is 32.4. The Morgan fingerprint density at radius 2 is 1.04 bits per heavy atom. The molecule has 0 radical (unpaired) electrons. The van der Waals surface area contributed by atoms with Gasteiger partial charge in [-0.2, -0.15) is 8.42 Å². The zero-order valence-electron chi connectivity index (χ0n) is 41.6. The molecular weight excluding hydrogens is 875 g/mol. The fourth-order valence-electron chi connectivity index (χ4n) is 7.95. The van der Waals surface area contributed by atoms with Crippen molar-refractivity contribution in [1.29, 1.82) is 0 Å². The van der Waals surface area contributed by atoms with Crippen LogP contribution in [0, 0.1) is 0 Å². The molecule has 0 aromatic heterocycles. The molecule has 1 aliphatic rings. The third-order valence-electron chi connectivity index (χ3n) is 12.1. The fraction of sp³-hybridized carbons (Fsp3) is 0.792. The van der Waals surface area contributed by atoms with E-state index >= 15 is 0 Å². The summed E-state index contributed by atoms with van der Waals surface area (Å²) in [7, 11) is -5.13. The van der Waals surface area contributed by atoms with Crippen molar-refractivity contribution in [3.63, 3.8) is 0 Å². The van der Waals surface area contributed by atoms with Gasteiger partial charge in [0.15, 0.2) is 6.29 Å². The average Bonchev–Trinajstić information content (AvgIpc) is 3.30. The van der Waals surface area contributed by atoms with Gasteiger partial charge in [0.1, 0.15) is 30.5 Å². The van der Waals surface area contributed by atoms with E-state index in [-0.39, 0.29) is 6.42 Å². The second-order valence-corrected chi connectivity index (χ2v) is 19.3. The molecule has 14 heteroatoms. The number of carbonyl (C=O) groups excluding carboxylic acids is 1. The number of aliphatic hydroxyl groups excluding tert-OH is 5. The number of carbonyl (C=O) groups is 1. The summed E-state index contributed by atoms with van der Waals surface area (Å²) in [6.07, 6.45) is 42.9. The van der Waals surface area contributed by atoms with E-state index in [4.69, 9.17) is 9.47 Å². The molecule has 0 aromatic carbocycles. The topological polar surface area (TPSA) is 212 Å². The van der Waals surface area contributed by atoms with Crippen LogP contribution in [0.5, 0.6) is 0 Å². The summed E-state index contributed by atoms with van der Waals surface area (Å²) >= 11 is 0. The Hall–Kier alpha value is -2.24. The summed E-state index contributed by atoms with van der Waals surface area (Å²) in [6.45, 7) is 3.18. The molecular formula is C53H95NO12S. The molecule has 1 aliphatic heterocycles. The fourth-order valence-corrected chi connectivity index (χ4v) is 8.46. The molecule has 0 bridgehead atoms. The lowest BCUT2D eigenvalue weighted by atomic mass is 9.99. The number of nitrogens with one attached hydrogen (secondary N) is 1. The molecule has 8 atom stereocenters. The predicted octanol–water partition coefficient (Wildman–Crippen LogP) is 10.4. The van der Waals surface area contributed by atoms with Gasteiger partial charge in [-0.1, -0.05) is 197 Å². The van der Waals surface area contributed by atoms with Crippen molar-refractivity contribution >= 4 is 16.3 Å². The Morgan fingerprint density at radius 3 is 1.55 bits per heavy atom. The number of amides is 1. The lowest BCUT2D eigenvalue weighted by Crippen LogP contribution is -2.61. The number of hydrogen-bond acceptors (Lipinski definition) is 11. The summed E-state index contributed by atoms with van der Waals surface area (Å²) < 4.78 is 47.6. The van der Waals surface area contributed by atoms with E-state index in [1.54, 1.807) is 6.08 Å². The van der Waals surface area contributed by atoms with Crippen LogP contribution in [-0.2, 0) is 28.9 Å². The summed E-state index contributed by atoms with van der Waals surface area (Å²) in [5.41, 5.74) is 0. The average molecular weight is 970 g/mol. The zero-order chi connectivity index (χ0) is 49.2. The number of unbranched alkanes of at least 4 members (excludes halogenated alkanes) is 24. The number of hydrogen-bond donors (Lipinski definition) is 7. The third-order valence-corrected chi connectivity index (χ3v) is 12.6. The van der Waals surface area contributed by atoms with E-state index in [9.17, 15) is 43.3 Å². The molecule has 0 saturated carbocycles. The second kappa shape index (κ2) is 42.6. The molecule has 1 saturated heterocycles. The first kappa shape index (κ1) is 62.8. The monoisotopic (exact) mass is 970 g/mol. The van der Waals surface area contributed by atoms with Gasteiger partial charge in [-0.15, -0.1) is 0 Å². The quantitative estimate of drug-likeness (QED) is 0.0132. The molecule has 13 nitrogen and oxygen atoms in total. The Kier molecular flexibility index (Phi) is 39.9. The van der Waals surface area contributed by atoms with E-state index in [0.29, 0.717) is 12.8 Å². The van der Waals surface area contributed by atoms with E-state index in [1.165, 1.54) is 115 Å². The minimum Gasteiger partial charge on any atom is -0.394 e. The maximum Gasteiger partial charge on any atom is 0.397 e. The van der Waals surface area contributed by atoms with Crippen LogP contribution < -0.4 is 5.32 Å². The number of rotatable bonds is 44. The van der Waals surface area contributed by atoms with Crippen molar-refractivity contribution in [2.75, 3.05) is 13.2 Å². The van der Waals surface area contributed by atoms with Crippen LogP contribution in [-0.4, -0.2) is 107 Å². The molecule has 0 aromatic rings. The summed E-state index contributed by atoms with van der Waals surface area (Å²) in [4.78, 5) is 13.2. The third kappa shape index (κ3) is 34.7. The lowest BCUT2D eigenvalue weighted by molar-refractivity contribution is -0.298. The van der Waals surface area contributed by atoms with Crippen LogP contribution in [0.4, 0.5) is 0 Å². The smallest absolute Gasteiger partial charge is 0.394 e. The Labute approximate surface area is 406 Å². The number of aliphatic hydroxyl groups is 5. The van der Waals surface area contributed by atoms with E-state index < -0.39 is 78.5 Å². The zero-order valence-corrected chi connectivity index (χ0v) is 42.4.